The van der Waals surface area contributed by atoms with Gasteiger partial charge in [0, 0.05) is 28.5 Å². The molecule has 3 rings (SSSR count). The monoisotopic (exact) mass is 345 g/mol. The van der Waals surface area contributed by atoms with Gasteiger partial charge in [-0.15, -0.1) is 11.3 Å². The Bertz CT molecular complexity index is 436. The molecule has 18 heavy (non-hydrogen) atoms. The van der Waals surface area contributed by atoms with E-state index in [0.29, 0.717) is 6.04 Å². The first kappa shape index (κ1) is 13.0. The first-order valence-electron chi connectivity index (χ1n) is 6.36. The minimum Gasteiger partial charge on any atom is -0.334 e. The number of carbonyl (C=O) groups is 1. The molecule has 0 spiro atoms. The van der Waals surface area contributed by atoms with Crippen molar-refractivity contribution in [1.29, 1.82) is 0 Å². The molecule has 1 atom stereocenters. The largest absolute Gasteiger partial charge is 0.334 e. The Morgan fingerprint density at radius 1 is 1.56 bits per heavy atom. The van der Waals surface area contributed by atoms with Gasteiger partial charge in [-0.3, -0.25) is 4.79 Å². The average Bonchev–Trinajstić information content (AvgIpc) is 3.03. The maximum atomic E-state index is 12.5. The number of rotatable bonds is 2. The highest BCUT2D eigenvalue weighted by Gasteiger charge is 2.30. The molecule has 98 valence electrons. The van der Waals surface area contributed by atoms with Crippen LogP contribution in [0, 0.1) is 0 Å². The molecule has 2 aliphatic heterocycles. The lowest BCUT2D eigenvalue weighted by Crippen LogP contribution is -2.35. The minimum absolute atomic E-state index is 0.251. The van der Waals surface area contributed by atoms with Crippen molar-refractivity contribution in [2.24, 2.45) is 0 Å². The van der Waals surface area contributed by atoms with Gasteiger partial charge in [-0.25, -0.2) is 0 Å². The lowest BCUT2D eigenvalue weighted by molar-refractivity contribution is 0.0755. The Morgan fingerprint density at radius 2 is 2.44 bits per heavy atom. The van der Waals surface area contributed by atoms with Crippen LogP contribution in [0.25, 0.3) is 0 Å². The van der Waals surface area contributed by atoms with Crippen molar-refractivity contribution in [2.75, 3.05) is 17.6 Å². The number of carbonyl (C=O) groups excluding carboxylic acids is 1. The van der Waals surface area contributed by atoms with E-state index >= 15 is 0 Å². The first-order chi connectivity index (χ1) is 8.79. The third kappa shape index (κ3) is 2.37. The second-order valence-corrected chi connectivity index (χ2v) is 7.70. The Kier molecular flexibility index (Phi) is 4.01. The molecule has 0 aromatic carbocycles. The van der Waals surface area contributed by atoms with Gasteiger partial charge in [-0.1, -0.05) is 15.9 Å². The van der Waals surface area contributed by atoms with Crippen molar-refractivity contribution in [1.82, 2.24) is 4.90 Å². The van der Waals surface area contributed by atoms with E-state index in [2.05, 4.69) is 26.9 Å². The van der Waals surface area contributed by atoms with Crippen LogP contribution in [0.1, 0.15) is 33.0 Å². The molecule has 0 aliphatic carbocycles. The molecule has 3 heterocycles. The molecule has 0 N–H and O–H groups in total. The molecule has 5 heteroatoms. The molecule has 1 saturated heterocycles. The summed E-state index contributed by atoms with van der Waals surface area (Å²) in [4.78, 5) is 17.0. The second kappa shape index (κ2) is 5.55. The highest BCUT2D eigenvalue weighted by molar-refractivity contribution is 9.09. The molecule has 1 unspecified atom stereocenters. The van der Waals surface area contributed by atoms with Crippen molar-refractivity contribution in [2.45, 2.75) is 31.1 Å². The summed E-state index contributed by atoms with van der Waals surface area (Å²) in [5.41, 5.74) is 1.40. The zero-order valence-electron chi connectivity index (χ0n) is 10.2. The van der Waals surface area contributed by atoms with Gasteiger partial charge in [0.2, 0.25) is 0 Å². The molecular weight excluding hydrogens is 330 g/mol. The molecule has 1 amide bonds. The van der Waals surface area contributed by atoms with Crippen molar-refractivity contribution in [3.8, 4) is 0 Å². The minimum atomic E-state index is 0.251. The van der Waals surface area contributed by atoms with Gasteiger partial charge in [0.05, 0.1) is 4.88 Å². The lowest BCUT2D eigenvalue weighted by atomic mass is 10.2. The van der Waals surface area contributed by atoms with Crippen LogP contribution in [-0.4, -0.2) is 34.5 Å². The highest BCUT2D eigenvalue weighted by Crippen LogP contribution is 2.33. The van der Waals surface area contributed by atoms with E-state index < -0.39 is 0 Å². The number of hydrogen-bond donors (Lipinski definition) is 0. The summed E-state index contributed by atoms with van der Waals surface area (Å²) < 4.78 is 0. The number of thiophene rings is 1. The molecule has 2 aliphatic rings. The van der Waals surface area contributed by atoms with Crippen molar-refractivity contribution in [3.05, 3.63) is 21.4 Å². The van der Waals surface area contributed by atoms with Gasteiger partial charge < -0.3 is 4.90 Å². The van der Waals surface area contributed by atoms with Crippen LogP contribution in [0.4, 0.5) is 0 Å². The topological polar surface area (TPSA) is 20.3 Å². The maximum Gasteiger partial charge on any atom is 0.264 e. The molecule has 0 bridgehead atoms. The van der Waals surface area contributed by atoms with Crippen molar-refractivity contribution < 1.29 is 4.79 Å². The summed E-state index contributed by atoms with van der Waals surface area (Å²) in [6.07, 6.45) is 3.42. The molecular formula is C13H16BrNOS2. The molecule has 2 nitrogen and oxygen atoms in total. The van der Waals surface area contributed by atoms with Gasteiger partial charge in [0.15, 0.2) is 0 Å². The number of likely N-dealkylation sites (tertiary alicyclic amines) is 1. The second-order valence-electron chi connectivity index (χ2n) is 4.81. The number of aryl methyl sites for hydroxylation is 1. The van der Waals surface area contributed by atoms with Gasteiger partial charge in [-0.05, 0) is 36.6 Å². The molecule has 0 saturated carbocycles. The number of nitrogens with zero attached hydrogens (tertiary/aromatic N) is 1. The fraction of sp³-hybridized carbons (Fsp3) is 0.615. The van der Waals surface area contributed by atoms with E-state index in [1.165, 1.54) is 16.2 Å². The maximum absolute atomic E-state index is 12.5. The van der Waals surface area contributed by atoms with Gasteiger partial charge in [0.1, 0.15) is 0 Å². The standard InChI is InChI=1S/C13H16BrNOS2/c14-7-10-2-1-4-15(10)13(16)12-6-9-8-17-5-3-11(9)18-12/h6,10H,1-5,7-8H2. The van der Waals surface area contributed by atoms with Crippen LogP contribution >= 0.6 is 39.0 Å². The van der Waals surface area contributed by atoms with Gasteiger partial charge in [-0.2, -0.15) is 11.8 Å². The fourth-order valence-corrected chi connectivity index (χ4v) is 5.66. The Labute approximate surface area is 124 Å². The first-order valence-corrected chi connectivity index (χ1v) is 9.45. The van der Waals surface area contributed by atoms with E-state index in [4.69, 9.17) is 0 Å². The van der Waals surface area contributed by atoms with Crippen LogP contribution in [-0.2, 0) is 12.2 Å². The van der Waals surface area contributed by atoms with Gasteiger partial charge >= 0.3 is 0 Å². The summed E-state index contributed by atoms with van der Waals surface area (Å²) in [5.74, 6) is 2.54. The van der Waals surface area contributed by atoms with E-state index in [-0.39, 0.29) is 5.91 Å². The van der Waals surface area contributed by atoms with E-state index in [1.54, 1.807) is 11.3 Å². The Morgan fingerprint density at radius 3 is 3.22 bits per heavy atom. The highest BCUT2D eigenvalue weighted by atomic mass is 79.9. The summed E-state index contributed by atoms with van der Waals surface area (Å²) in [5, 5.41) is 0.902. The number of halogens is 1. The SMILES string of the molecule is O=C(c1cc2c(s1)CCSC2)N1CCCC1CBr. The number of fused-ring (bicyclic) bond motifs is 1. The van der Waals surface area contributed by atoms with Crippen LogP contribution in [0.3, 0.4) is 0 Å². The summed E-state index contributed by atoms with van der Waals surface area (Å²) in [7, 11) is 0. The van der Waals surface area contributed by atoms with Crippen LogP contribution in [0.2, 0.25) is 0 Å². The van der Waals surface area contributed by atoms with E-state index in [9.17, 15) is 4.79 Å². The van der Waals surface area contributed by atoms with Crippen LogP contribution in [0.15, 0.2) is 6.07 Å². The summed E-state index contributed by atoms with van der Waals surface area (Å²) in [6, 6.07) is 2.53. The Hall–Kier alpha value is -0.000000000000000167. The normalized spacial score (nSPS) is 23.2. The number of hydrogen-bond acceptors (Lipinski definition) is 3. The third-order valence-corrected chi connectivity index (χ3v) is 6.63. The third-order valence-electron chi connectivity index (χ3n) is 3.65. The Balaban J connectivity index is 1.81. The van der Waals surface area contributed by atoms with Crippen LogP contribution < -0.4 is 0 Å². The fourth-order valence-electron chi connectivity index (χ4n) is 2.66. The van der Waals surface area contributed by atoms with E-state index in [0.717, 1.165) is 41.8 Å². The van der Waals surface area contributed by atoms with Gasteiger partial charge in [0.25, 0.3) is 5.91 Å². The number of amides is 1. The predicted octanol–water partition coefficient (Wildman–Crippen LogP) is 3.54. The zero-order chi connectivity index (χ0) is 12.5. The molecule has 1 aromatic rings. The number of alkyl halides is 1. The molecule has 1 aromatic heterocycles. The average molecular weight is 346 g/mol. The quantitative estimate of drug-likeness (QED) is 0.764. The molecule has 0 radical (unpaired) electrons. The van der Waals surface area contributed by atoms with Crippen LogP contribution in [0.5, 0.6) is 0 Å². The lowest BCUT2D eigenvalue weighted by Gasteiger charge is -2.22. The van der Waals surface area contributed by atoms with Crippen molar-refractivity contribution >= 4 is 44.9 Å². The molecule has 1 fully saturated rings. The number of thioether (sulfide) groups is 1. The predicted molar refractivity (Wildman–Crippen MR) is 82.0 cm³/mol. The zero-order valence-corrected chi connectivity index (χ0v) is 13.4. The smallest absolute Gasteiger partial charge is 0.264 e. The van der Waals surface area contributed by atoms with Crippen molar-refractivity contribution in [3.63, 3.8) is 0 Å². The summed E-state index contributed by atoms with van der Waals surface area (Å²) in [6.45, 7) is 0.923. The summed E-state index contributed by atoms with van der Waals surface area (Å²) >= 11 is 7.22. The van der Waals surface area contributed by atoms with E-state index in [1.807, 2.05) is 11.8 Å².